The fraction of sp³-hybridized carbons (Fsp3) is 0.0526. The van der Waals surface area contributed by atoms with Crippen molar-refractivity contribution in [2.75, 3.05) is 12.0 Å². The van der Waals surface area contributed by atoms with Gasteiger partial charge in [-0.05, 0) is 54.7 Å². The number of rotatable bonds is 4. The summed E-state index contributed by atoms with van der Waals surface area (Å²) in [6, 6.07) is 10.9. The summed E-state index contributed by atoms with van der Waals surface area (Å²) in [5.74, 6) is -1.99. The van der Waals surface area contributed by atoms with Gasteiger partial charge in [-0.1, -0.05) is 22.0 Å². The maximum absolute atomic E-state index is 13.0. The molecule has 7 nitrogen and oxygen atoms in total. The highest BCUT2D eigenvalue weighted by atomic mass is 79.9. The van der Waals surface area contributed by atoms with Gasteiger partial charge in [0.1, 0.15) is 11.3 Å². The highest BCUT2D eigenvalue weighted by molar-refractivity contribution is 9.10. The van der Waals surface area contributed by atoms with Crippen molar-refractivity contribution in [3.05, 3.63) is 63.6 Å². The van der Waals surface area contributed by atoms with Gasteiger partial charge in [0.05, 0.1) is 18.4 Å². The summed E-state index contributed by atoms with van der Waals surface area (Å²) in [7, 11) is 1.48. The number of halogens is 1. The van der Waals surface area contributed by atoms with Crippen LogP contribution in [-0.4, -0.2) is 35.1 Å². The summed E-state index contributed by atoms with van der Waals surface area (Å²) in [6.45, 7) is 0. The molecule has 0 saturated carbocycles. The second-order valence-electron chi connectivity index (χ2n) is 5.70. The second-order valence-corrected chi connectivity index (χ2v) is 7.00. The van der Waals surface area contributed by atoms with Crippen LogP contribution in [0.25, 0.3) is 6.08 Å². The van der Waals surface area contributed by atoms with Crippen molar-refractivity contribution in [2.45, 2.75) is 0 Å². The van der Waals surface area contributed by atoms with E-state index in [0.29, 0.717) is 11.3 Å². The number of thiocarbonyl (C=S) groups is 1. The molecular weight excluding hydrogens is 448 g/mol. The molecule has 0 aromatic heterocycles. The highest BCUT2D eigenvalue weighted by Crippen LogP contribution is 2.28. The van der Waals surface area contributed by atoms with Crippen LogP contribution in [0.1, 0.15) is 15.9 Å². The number of benzene rings is 2. The Morgan fingerprint density at radius 3 is 2.68 bits per heavy atom. The zero-order valence-electron chi connectivity index (χ0n) is 14.4. The SMILES string of the molecule is COc1ccc(Br)cc1C=C1C(=O)NC(=S)N(c2cccc(C(=O)O)c2)C1=O. The van der Waals surface area contributed by atoms with Gasteiger partial charge in [-0.2, -0.15) is 0 Å². The van der Waals surface area contributed by atoms with Gasteiger partial charge in [-0.15, -0.1) is 0 Å². The molecule has 0 atom stereocenters. The van der Waals surface area contributed by atoms with Crippen LogP contribution in [0.4, 0.5) is 5.69 Å². The van der Waals surface area contributed by atoms with Gasteiger partial charge in [0.2, 0.25) is 0 Å². The molecule has 2 aromatic rings. The van der Waals surface area contributed by atoms with E-state index in [1.807, 2.05) is 0 Å². The van der Waals surface area contributed by atoms with Crippen LogP contribution in [0.15, 0.2) is 52.5 Å². The number of anilines is 1. The van der Waals surface area contributed by atoms with E-state index in [0.717, 1.165) is 9.37 Å². The molecule has 1 fully saturated rings. The quantitative estimate of drug-likeness (QED) is 0.413. The standard InChI is InChI=1S/C19H13BrN2O5S/c1-27-15-6-5-12(20)7-11(15)9-14-16(23)21-19(28)22(17(14)24)13-4-2-3-10(8-13)18(25)26/h2-9H,1H3,(H,25,26)(H,21,23,28). The fourth-order valence-electron chi connectivity index (χ4n) is 2.64. The Hall–Kier alpha value is -3.04. The molecule has 0 unspecified atom stereocenters. The molecule has 142 valence electrons. The van der Waals surface area contributed by atoms with E-state index in [1.165, 1.54) is 37.5 Å². The van der Waals surface area contributed by atoms with E-state index in [2.05, 4.69) is 21.2 Å². The molecule has 1 saturated heterocycles. The summed E-state index contributed by atoms with van der Waals surface area (Å²) in [4.78, 5) is 37.7. The smallest absolute Gasteiger partial charge is 0.335 e. The molecule has 0 bridgehead atoms. The third-order valence-corrected chi connectivity index (χ3v) is 4.72. The first kappa shape index (κ1) is 19.7. The van der Waals surface area contributed by atoms with E-state index >= 15 is 0 Å². The van der Waals surface area contributed by atoms with Crippen molar-refractivity contribution < 1.29 is 24.2 Å². The van der Waals surface area contributed by atoms with Crippen LogP contribution in [0.5, 0.6) is 5.75 Å². The average Bonchev–Trinajstić information content (AvgIpc) is 2.65. The Bertz CT molecular complexity index is 1050. The van der Waals surface area contributed by atoms with E-state index in [1.54, 1.807) is 18.2 Å². The van der Waals surface area contributed by atoms with Gasteiger partial charge >= 0.3 is 5.97 Å². The first-order chi connectivity index (χ1) is 13.3. The Balaban J connectivity index is 2.07. The number of hydrogen-bond acceptors (Lipinski definition) is 5. The predicted molar refractivity (Wildman–Crippen MR) is 110 cm³/mol. The summed E-state index contributed by atoms with van der Waals surface area (Å²) in [5.41, 5.74) is 0.583. The van der Waals surface area contributed by atoms with Crippen LogP contribution >= 0.6 is 28.1 Å². The summed E-state index contributed by atoms with van der Waals surface area (Å²) in [6.07, 6.45) is 1.40. The maximum atomic E-state index is 13.0. The lowest BCUT2D eigenvalue weighted by molar-refractivity contribution is -0.122. The van der Waals surface area contributed by atoms with Crippen molar-refractivity contribution in [1.82, 2.24) is 5.32 Å². The van der Waals surface area contributed by atoms with Gasteiger partial charge < -0.3 is 9.84 Å². The number of methoxy groups -OCH3 is 1. The number of nitrogens with one attached hydrogen (secondary N) is 1. The topological polar surface area (TPSA) is 95.9 Å². The summed E-state index contributed by atoms with van der Waals surface area (Å²) in [5, 5.41) is 11.5. The molecule has 2 aromatic carbocycles. The molecule has 1 aliphatic heterocycles. The Morgan fingerprint density at radius 2 is 2.00 bits per heavy atom. The third kappa shape index (κ3) is 3.80. The molecule has 3 rings (SSSR count). The number of aromatic carboxylic acids is 1. The first-order valence-corrected chi connectivity index (χ1v) is 9.10. The van der Waals surface area contributed by atoms with E-state index in [-0.39, 0.29) is 21.9 Å². The first-order valence-electron chi connectivity index (χ1n) is 7.90. The maximum Gasteiger partial charge on any atom is 0.335 e. The van der Waals surface area contributed by atoms with E-state index in [4.69, 9.17) is 17.0 Å². The number of carbonyl (C=O) groups is 3. The van der Waals surface area contributed by atoms with Crippen molar-refractivity contribution >= 4 is 62.8 Å². The van der Waals surface area contributed by atoms with Crippen molar-refractivity contribution in [3.63, 3.8) is 0 Å². The number of carbonyl (C=O) groups excluding carboxylic acids is 2. The van der Waals surface area contributed by atoms with Crippen LogP contribution in [-0.2, 0) is 9.59 Å². The molecule has 9 heteroatoms. The van der Waals surface area contributed by atoms with Gasteiger partial charge in [-0.3, -0.25) is 19.8 Å². The van der Waals surface area contributed by atoms with E-state index < -0.39 is 17.8 Å². The number of hydrogen-bond donors (Lipinski definition) is 2. The van der Waals surface area contributed by atoms with Crippen molar-refractivity contribution in [3.8, 4) is 5.75 Å². The van der Waals surface area contributed by atoms with Gasteiger partial charge in [0.15, 0.2) is 5.11 Å². The average molecular weight is 461 g/mol. The zero-order chi connectivity index (χ0) is 20.4. The van der Waals surface area contributed by atoms with Crippen LogP contribution in [0.2, 0.25) is 0 Å². The molecule has 0 radical (unpaired) electrons. The second kappa shape index (κ2) is 7.91. The number of amides is 2. The van der Waals surface area contributed by atoms with Gasteiger partial charge in [0, 0.05) is 10.0 Å². The minimum atomic E-state index is -1.14. The number of carboxylic acid groups (broad SMARTS) is 1. The number of nitrogens with zero attached hydrogens (tertiary/aromatic N) is 1. The third-order valence-electron chi connectivity index (χ3n) is 3.94. The molecule has 1 aliphatic rings. The molecule has 0 aliphatic carbocycles. The summed E-state index contributed by atoms with van der Waals surface area (Å²) < 4.78 is 6.02. The molecule has 28 heavy (non-hydrogen) atoms. The van der Waals surface area contributed by atoms with Crippen molar-refractivity contribution in [1.29, 1.82) is 0 Å². The molecule has 0 spiro atoms. The van der Waals surface area contributed by atoms with Crippen LogP contribution in [0.3, 0.4) is 0 Å². The van der Waals surface area contributed by atoms with Crippen LogP contribution < -0.4 is 15.0 Å². The highest BCUT2D eigenvalue weighted by Gasteiger charge is 2.35. The monoisotopic (exact) mass is 460 g/mol. The number of carboxylic acids is 1. The molecule has 2 amide bonds. The normalized spacial score (nSPS) is 15.6. The fourth-order valence-corrected chi connectivity index (χ4v) is 3.30. The zero-order valence-corrected chi connectivity index (χ0v) is 16.8. The number of ether oxygens (including phenoxy) is 1. The molecule has 1 heterocycles. The van der Waals surface area contributed by atoms with Gasteiger partial charge in [0.25, 0.3) is 11.8 Å². The lowest BCUT2D eigenvalue weighted by Gasteiger charge is -2.29. The Morgan fingerprint density at radius 1 is 1.25 bits per heavy atom. The summed E-state index contributed by atoms with van der Waals surface area (Å²) >= 11 is 8.47. The molecular formula is C19H13BrN2O5S. The largest absolute Gasteiger partial charge is 0.496 e. The lowest BCUT2D eigenvalue weighted by Crippen LogP contribution is -2.54. The van der Waals surface area contributed by atoms with Crippen molar-refractivity contribution in [2.24, 2.45) is 0 Å². The van der Waals surface area contributed by atoms with Gasteiger partial charge in [-0.25, -0.2) is 4.79 Å². The van der Waals surface area contributed by atoms with Crippen LogP contribution in [0, 0.1) is 0 Å². The predicted octanol–water partition coefficient (Wildman–Crippen LogP) is 2.99. The molecule has 2 N–H and O–H groups in total. The minimum absolute atomic E-state index is 0.0100. The Kier molecular flexibility index (Phi) is 5.57. The Labute approximate surface area is 173 Å². The minimum Gasteiger partial charge on any atom is -0.496 e. The van der Waals surface area contributed by atoms with E-state index in [9.17, 15) is 19.5 Å². The lowest BCUT2D eigenvalue weighted by atomic mass is 10.1.